The number of nitrogens with zero attached hydrogens (tertiary/aromatic N) is 2. The summed E-state index contributed by atoms with van der Waals surface area (Å²) in [7, 11) is 0. The van der Waals surface area contributed by atoms with Gasteiger partial charge in [-0.2, -0.15) is 0 Å². The lowest BCUT2D eigenvalue weighted by atomic mass is 10.1. The van der Waals surface area contributed by atoms with Gasteiger partial charge in [-0.05, 0) is 37.5 Å². The largest absolute Gasteiger partial charge is 0.367 e. The van der Waals surface area contributed by atoms with E-state index in [1.165, 1.54) is 12.1 Å². The van der Waals surface area contributed by atoms with E-state index in [1.54, 1.807) is 12.1 Å². The average molecular weight is 449 g/mol. The minimum absolute atomic E-state index is 0. The first-order chi connectivity index (χ1) is 11.0. The van der Waals surface area contributed by atoms with E-state index in [9.17, 15) is 4.39 Å². The Hall–Kier alpha value is -0.890. The normalized spacial score (nSPS) is 21.6. The van der Waals surface area contributed by atoms with Crippen molar-refractivity contribution in [2.45, 2.75) is 39.9 Å². The lowest BCUT2D eigenvalue weighted by Crippen LogP contribution is -2.50. The van der Waals surface area contributed by atoms with E-state index < -0.39 is 0 Å². The van der Waals surface area contributed by atoms with Gasteiger partial charge in [0.2, 0.25) is 0 Å². The van der Waals surface area contributed by atoms with Gasteiger partial charge in [-0.3, -0.25) is 4.99 Å². The third-order valence-corrected chi connectivity index (χ3v) is 3.74. The number of nitrogens with one attached hydrogen (secondary N) is 1. The Morgan fingerprint density at radius 3 is 2.58 bits per heavy atom. The molecule has 1 N–H and O–H groups in total. The highest BCUT2D eigenvalue weighted by Crippen LogP contribution is 2.25. The second kappa shape index (κ2) is 10.2. The highest BCUT2D eigenvalue weighted by molar-refractivity contribution is 14.0. The molecule has 0 saturated carbocycles. The van der Waals surface area contributed by atoms with E-state index in [0.29, 0.717) is 5.92 Å². The lowest BCUT2D eigenvalue weighted by Gasteiger charge is -2.38. The van der Waals surface area contributed by atoms with Crippen LogP contribution in [0.5, 0.6) is 0 Å². The smallest absolute Gasteiger partial charge is 0.194 e. The summed E-state index contributed by atoms with van der Waals surface area (Å²) in [5, 5.41) is 3.37. The molecule has 1 aromatic rings. The van der Waals surface area contributed by atoms with Gasteiger partial charge in [-0.15, -0.1) is 24.0 Å². The standard InChI is InChI=1S/C18H28FN3O.HI/c1-5-20-18(21-10-13(2)3)22-11-14(4)23-17(12-22)15-6-8-16(19)9-7-15;/h6-9,13-14,17H,5,10-12H2,1-4H3,(H,20,21);1H. The topological polar surface area (TPSA) is 36.9 Å². The van der Waals surface area contributed by atoms with Gasteiger partial charge in [0.05, 0.1) is 12.6 Å². The molecule has 2 rings (SSSR count). The van der Waals surface area contributed by atoms with Crippen LogP contribution in [0.25, 0.3) is 0 Å². The Morgan fingerprint density at radius 1 is 1.33 bits per heavy atom. The monoisotopic (exact) mass is 449 g/mol. The van der Waals surface area contributed by atoms with Crippen molar-refractivity contribution in [2.75, 3.05) is 26.2 Å². The van der Waals surface area contributed by atoms with Crippen LogP contribution in [0.4, 0.5) is 4.39 Å². The summed E-state index contributed by atoms with van der Waals surface area (Å²) >= 11 is 0. The van der Waals surface area contributed by atoms with Crippen LogP contribution in [0.2, 0.25) is 0 Å². The van der Waals surface area contributed by atoms with Gasteiger partial charge in [-0.25, -0.2) is 4.39 Å². The molecular formula is C18H29FIN3O. The molecule has 24 heavy (non-hydrogen) atoms. The third kappa shape index (κ3) is 6.20. The molecular weight excluding hydrogens is 420 g/mol. The van der Waals surface area contributed by atoms with Crippen molar-refractivity contribution in [3.8, 4) is 0 Å². The number of benzene rings is 1. The van der Waals surface area contributed by atoms with Gasteiger partial charge in [0.25, 0.3) is 0 Å². The van der Waals surface area contributed by atoms with Gasteiger partial charge in [0, 0.05) is 19.6 Å². The van der Waals surface area contributed by atoms with Crippen molar-refractivity contribution in [3.05, 3.63) is 35.6 Å². The molecule has 136 valence electrons. The molecule has 1 aromatic carbocycles. The first-order valence-electron chi connectivity index (χ1n) is 8.43. The number of hydrogen-bond acceptors (Lipinski definition) is 2. The molecule has 0 aliphatic carbocycles. The quantitative estimate of drug-likeness (QED) is 0.432. The summed E-state index contributed by atoms with van der Waals surface area (Å²) in [6, 6.07) is 6.57. The van der Waals surface area contributed by atoms with Crippen LogP contribution >= 0.6 is 24.0 Å². The maximum atomic E-state index is 13.1. The zero-order valence-electron chi connectivity index (χ0n) is 15.0. The predicted molar refractivity (Wildman–Crippen MR) is 107 cm³/mol. The number of hydrogen-bond donors (Lipinski definition) is 1. The Kier molecular flexibility index (Phi) is 8.97. The minimum atomic E-state index is -0.221. The number of halogens is 2. The van der Waals surface area contributed by atoms with Gasteiger partial charge >= 0.3 is 0 Å². The lowest BCUT2D eigenvalue weighted by molar-refractivity contribution is -0.0605. The molecule has 0 amide bonds. The third-order valence-electron chi connectivity index (χ3n) is 3.74. The SMILES string of the molecule is CCNC(=NCC(C)C)N1CC(C)OC(c2ccc(F)cc2)C1.I. The van der Waals surface area contributed by atoms with Crippen LogP contribution in [0.15, 0.2) is 29.3 Å². The maximum Gasteiger partial charge on any atom is 0.194 e. The molecule has 0 radical (unpaired) electrons. The van der Waals surface area contributed by atoms with Gasteiger partial charge < -0.3 is 15.0 Å². The first-order valence-corrected chi connectivity index (χ1v) is 8.43. The summed E-state index contributed by atoms with van der Waals surface area (Å²) in [6.07, 6.45) is 0.0314. The molecule has 0 aromatic heterocycles. The molecule has 0 bridgehead atoms. The number of guanidine groups is 1. The molecule has 1 fully saturated rings. The molecule has 1 heterocycles. The first kappa shape index (κ1) is 21.2. The highest BCUT2D eigenvalue weighted by atomic mass is 127. The molecule has 1 aliphatic heterocycles. The van der Waals surface area contributed by atoms with E-state index in [1.807, 2.05) is 0 Å². The minimum Gasteiger partial charge on any atom is -0.367 e. The Bertz CT molecular complexity index is 522. The number of rotatable bonds is 4. The zero-order valence-corrected chi connectivity index (χ0v) is 17.3. The van der Waals surface area contributed by atoms with Crippen molar-refractivity contribution < 1.29 is 9.13 Å². The Balaban J connectivity index is 0.00000288. The van der Waals surface area contributed by atoms with Crippen molar-refractivity contribution >= 4 is 29.9 Å². The van der Waals surface area contributed by atoms with Crippen LogP contribution in [0.1, 0.15) is 39.4 Å². The molecule has 6 heteroatoms. The van der Waals surface area contributed by atoms with Crippen LogP contribution in [0.3, 0.4) is 0 Å². The summed E-state index contributed by atoms with van der Waals surface area (Å²) in [4.78, 5) is 6.97. The van der Waals surface area contributed by atoms with Crippen molar-refractivity contribution in [3.63, 3.8) is 0 Å². The summed E-state index contributed by atoms with van der Waals surface area (Å²) in [5.41, 5.74) is 1.00. The van der Waals surface area contributed by atoms with Crippen molar-refractivity contribution in [1.82, 2.24) is 10.2 Å². The summed E-state index contributed by atoms with van der Waals surface area (Å²) in [6.45, 7) is 11.6. The van der Waals surface area contributed by atoms with Crippen LogP contribution < -0.4 is 5.32 Å². The van der Waals surface area contributed by atoms with E-state index in [0.717, 1.165) is 37.7 Å². The average Bonchev–Trinajstić information content (AvgIpc) is 2.51. The second-order valence-corrected chi connectivity index (χ2v) is 6.48. The van der Waals surface area contributed by atoms with E-state index >= 15 is 0 Å². The summed E-state index contributed by atoms with van der Waals surface area (Å²) in [5.74, 6) is 1.24. The predicted octanol–water partition coefficient (Wildman–Crippen LogP) is 3.83. The van der Waals surface area contributed by atoms with E-state index in [4.69, 9.17) is 9.73 Å². The maximum absolute atomic E-state index is 13.1. The zero-order chi connectivity index (χ0) is 16.8. The second-order valence-electron chi connectivity index (χ2n) is 6.48. The van der Waals surface area contributed by atoms with Crippen molar-refractivity contribution in [1.29, 1.82) is 0 Å². The molecule has 2 atom stereocenters. The van der Waals surface area contributed by atoms with Gasteiger partial charge in [0.15, 0.2) is 5.96 Å². The molecule has 1 aliphatic rings. The number of aliphatic imine (C=N–C) groups is 1. The van der Waals surface area contributed by atoms with Crippen LogP contribution in [-0.4, -0.2) is 43.1 Å². The summed E-state index contributed by atoms with van der Waals surface area (Å²) < 4.78 is 19.2. The van der Waals surface area contributed by atoms with E-state index in [-0.39, 0.29) is 42.0 Å². The molecule has 1 saturated heterocycles. The Labute approximate surface area is 161 Å². The Morgan fingerprint density at radius 2 is 2.00 bits per heavy atom. The molecule has 4 nitrogen and oxygen atoms in total. The number of morpholine rings is 1. The highest BCUT2D eigenvalue weighted by Gasteiger charge is 2.28. The fourth-order valence-corrected chi connectivity index (χ4v) is 2.68. The molecule has 2 unspecified atom stereocenters. The van der Waals surface area contributed by atoms with Gasteiger partial charge in [-0.1, -0.05) is 26.0 Å². The molecule has 0 spiro atoms. The van der Waals surface area contributed by atoms with Crippen molar-refractivity contribution in [2.24, 2.45) is 10.9 Å². The van der Waals surface area contributed by atoms with Crippen LogP contribution in [-0.2, 0) is 4.74 Å². The van der Waals surface area contributed by atoms with Crippen LogP contribution in [0, 0.1) is 11.7 Å². The van der Waals surface area contributed by atoms with Gasteiger partial charge in [0.1, 0.15) is 11.9 Å². The fourth-order valence-electron chi connectivity index (χ4n) is 2.68. The number of ether oxygens (including phenoxy) is 1. The fraction of sp³-hybridized carbons (Fsp3) is 0.611. The van der Waals surface area contributed by atoms with E-state index in [2.05, 4.69) is 37.9 Å².